The Hall–Kier alpha value is -1.37. The summed E-state index contributed by atoms with van der Waals surface area (Å²) in [5, 5.41) is 0. The summed E-state index contributed by atoms with van der Waals surface area (Å²) < 4.78 is 27.8. The molecule has 1 aliphatic rings. The second-order valence-electron chi connectivity index (χ2n) is 6.71. The normalized spacial score (nSPS) is 16.4. The number of hydrogen-bond donors (Lipinski definition) is 0. The molecule has 0 unspecified atom stereocenters. The Morgan fingerprint density at radius 3 is 2.12 bits per heavy atom. The Morgan fingerprint density at radius 2 is 1.60 bits per heavy atom. The number of hydrogen-bond acceptors (Lipinski definition) is 4. The van der Waals surface area contributed by atoms with Gasteiger partial charge in [-0.25, -0.2) is 8.42 Å². The van der Waals surface area contributed by atoms with Gasteiger partial charge in [-0.3, -0.25) is 0 Å². The van der Waals surface area contributed by atoms with Gasteiger partial charge in [0.1, 0.15) is 4.21 Å². The first-order valence-corrected chi connectivity index (χ1v) is 11.0. The first-order valence-electron chi connectivity index (χ1n) is 8.74. The predicted molar refractivity (Wildman–Crippen MR) is 105 cm³/mol. The number of sulfonamides is 1. The first kappa shape index (κ1) is 18.4. The highest BCUT2D eigenvalue weighted by molar-refractivity contribution is 7.91. The fourth-order valence-electron chi connectivity index (χ4n) is 3.64. The number of nitrogens with zero attached hydrogens (tertiary/aromatic N) is 2. The highest BCUT2D eigenvalue weighted by Gasteiger charge is 2.30. The van der Waals surface area contributed by atoms with Gasteiger partial charge in [-0.1, -0.05) is 24.6 Å². The van der Waals surface area contributed by atoms with E-state index in [0.717, 1.165) is 24.4 Å². The average molecular weight is 379 g/mol. The summed E-state index contributed by atoms with van der Waals surface area (Å²) in [6.07, 6.45) is 0.875. The minimum absolute atomic E-state index is 0.473. The molecule has 6 heteroatoms. The molecule has 1 aromatic carbocycles. The minimum Gasteiger partial charge on any atom is -0.368 e. The summed E-state index contributed by atoms with van der Waals surface area (Å²) in [4.78, 5) is 3.44. The van der Waals surface area contributed by atoms with Crippen LogP contribution in [0, 0.1) is 20.8 Å². The predicted octanol–water partition coefficient (Wildman–Crippen LogP) is 3.75. The summed E-state index contributed by atoms with van der Waals surface area (Å²) in [6.45, 7) is 11.0. The van der Waals surface area contributed by atoms with E-state index in [2.05, 4.69) is 37.8 Å². The van der Waals surface area contributed by atoms with Crippen molar-refractivity contribution in [2.45, 2.75) is 38.3 Å². The summed E-state index contributed by atoms with van der Waals surface area (Å²) >= 11 is 1.39. The van der Waals surface area contributed by atoms with Crippen LogP contribution in [0.3, 0.4) is 0 Å². The molecule has 0 amide bonds. The monoisotopic (exact) mass is 378 g/mol. The fourth-order valence-corrected chi connectivity index (χ4v) is 6.51. The van der Waals surface area contributed by atoms with Crippen molar-refractivity contribution in [1.29, 1.82) is 0 Å². The van der Waals surface area contributed by atoms with Crippen molar-refractivity contribution in [3.05, 3.63) is 45.8 Å². The zero-order valence-electron chi connectivity index (χ0n) is 15.4. The molecule has 3 rings (SSSR count). The van der Waals surface area contributed by atoms with Crippen LogP contribution >= 0.6 is 11.3 Å². The number of thiophene rings is 1. The van der Waals surface area contributed by atoms with Crippen LogP contribution in [0.4, 0.5) is 5.69 Å². The highest BCUT2D eigenvalue weighted by atomic mass is 32.2. The maximum atomic E-state index is 12.9. The molecule has 25 heavy (non-hydrogen) atoms. The van der Waals surface area contributed by atoms with Gasteiger partial charge in [-0.15, -0.1) is 11.3 Å². The molecule has 1 aliphatic heterocycles. The molecule has 136 valence electrons. The molecule has 1 aromatic heterocycles. The van der Waals surface area contributed by atoms with E-state index in [1.807, 2.05) is 13.0 Å². The van der Waals surface area contributed by atoms with Crippen molar-refractivity contribution in [3.8, 4) is 0 Å². The zero-order chi connectivity index (χ0) is 18.2. The smallest absolute Gasteiger partial charge is 0.252 e. The number of aryl methyl sites for hydroxylation is 4. The molecule has 0 radical (unpaired) electrons. The molecule has 1 saturated heterocycles. The summed E-state index contributed by atoms with van der Waals surface area (Å²) in [7, 11) is -3.36. The zero-order valence-corrected chi connectivity index (χ0v) is 17.0. The largest absolute Gasteiger partial charge is 0.368 e. The second-order valence-corrected chi connectivity index (χ2v) is 10.0. The molecule has 0 saturated carbocycles. The minimum atomic E-state index is -3.36. The van der Waals surface area contributed by atoms with Crippen LogP contribution in [0.25, 0.3) is 0 Å². The number of benzene rings is 1. The molecule has 4 nitrogen and oxygen atoms in total. The van der Waals surface area contributed by atoms with Crippen molar-refractivity contribution in [2.75, 3.05) is 31.1 Å². The third kappa shape index (κ3) is 3.61. The van der Waals surface area contributed by atoms with Gasteiger partial charge in [0, 0.05) is 36.7 Å². The third-order valence-electron chi connectivity index (χ3n) is 4.77. The van der Waals surface area contributed by atoms with E-state index in [9.17, 15) is 8.42 Å². The Bertz CT molecular complexity index is 840. The maximum Gasteiger partial charge on any atom is 0.252 e. The Labute approximate surface area is 155 Å². The van der Waals surface area contributed by atoms with Crippen LogP contribution in [0.5, 0.6) is 0 Å². The lowest BCUT2D eigenvalue weighted by Crippen LogP contribution is -2.48. The van der Waals surface area contributed by atoms with E-state index < -0.39 is 10.0 Å². The molecule has 0 N–H and O–H groups in total. The average Bonchev–Trinajstić information content (AvgIpc) is 3.04. The summed E-state index contributed by atoms with van der Waals surface area (Å²) in [5.41, 5.74) is 5.05. The first-order chi connectivity index (χ1) is 11.8. The third-order valence-corrected chi connectivity index (χ3v) is 8.37. The van der Waals surface area contributed by atoms with Crippen molar-refractivity contribution in [2.24, 2.45) is 0 Å². The van der Waals surface area contributed by atoms with Gasteiger partial charge >= 0.3 is 0 Å². The molecular formula is C19H26N2O2S2. The highest BCUT2D eigenvalue weighted by Crippen LogP contribution is 2.30. The Balaban J connectivity index is 1.76. The standard InChI is InChI=1S/C19H26N2O2S2/c1-5-17-6-7-18(24-17)25(22,23)21-10-8-20(9-11-21)19-15(3)12-14(2)13-16(19)4/h6-7,12-13H,5,8-11H2,1-4H3. The molecule has 2 heterocycles. The van der Waals surface area contributed by atoms with Crippen molar-refractivity contribution >= 4 is 27.0 Å². The van der Waals surface area contributed by atoms with E-state index in [0.29, 0.717) is 17.3 Å². The van der Waals surface area contributed by atoms with E-state index >= 15 is 0 Å². The number of piperazine rings is 1. The van der Waals surface area contributed by atoms with E-state index in [1.165, 1.54) is 33.7 Å². The van der Waals surface area contributed by atoms with Gasteiger partial charge in [0.05, 0.1) is 0 Å². The van der Waals surface area contributed by atoms with E-state index in [1.54, 1.807) is 10.4 Å². The lowest BCUT2D eigenvalue weighted by Gasteiger charge is -2.36. The van der Waals surface area contributed by atoms with Crippen molar-refractivity contribution in [1.82, 2.24) is 4.31 Å². The van der Waals surface area contributed by atoms with Gasteiger partial charge in [-0.05, 0) is 50.5 Å². The second kappa shape index (κ2) is 7.09. The quantitative estimate of drug-likeness (QED) is 0.814. The van der Waals surface area contributed by atoms with Crippen LogP contribution in [-0.2, 0) is 16.4 Å². The van der Waals surface area contributed by atoms with Gasteiger partial charge < -0.3 is 4.90 Å². The van der Waals surface area contributed by atoms with Crippen molar-refractivity contribution in [3.63, 3.8) is 0 Å². The number of anilines is 1. The van der Waals surface area contributed by atoms with Crippen LogP contribution in [0.15, 0.2) is 28.5 Å². The SMILES string of the molecule is CCc1ccc(S(=O)(=O)N2CCN(c3c(C)cc(C)cc3C)CC2)s1. The van der Waals surface area contributed by atoms with Gasteiger partial charge in [0.2, 0.25) is 0 Å². The van der Waals surface area contributed by atoms with Gasteiger partial charge in [0.25, 0.3) is 10.0 Å². The van der Waals surface area contributed by atoms with E-state index in [-0.39, 0.29) is 0 Å². The van der Waals surface area contributed by atoms with Gasteiger partial charge in [-0.2, -0.15) is 4.31 Å². The van der Waals surface area contributed by atoms with Crippen molar-refractivity contribution < 1.29 is 8.42 Å². The topological polar surface area (TPSA) is 40.6 Å². The van der Waals surface area contributed by atoms with Crippen LogP contribution < -0.4 is 4.90 Å². The molecule has 0 spiro atoms. The molecule has 1 fully saturated rings. The summed E-state index contributed by atoms with van der Waals surface area (Å²) in [5.74, 6) is 0. The van der Waals surface area contributed by atoms with E-state index in [4.69, 9.17) is 0 Å². The molecular weight excluding hydrogens is 352 g/mol. The Morgan fingerprint density at radius 1 is 1.00 bits per heavy atom. The summed E-state index contributed by atoms with van der Waals surface area (Å²) in [6, 6.07) is 8.07. The van der Waals surface area contributed by atoms with Gasteiger partial charge in [0.15, 0.2) is 0 Å². The van der Waals surface area contributed by atoms with Crippen LogP contribution in [0.1, 0.15) is 28.5 Å². The fraction of sp³-hybridized carbons (Fsp3) is 0.474. The lowest BCUT2D eigenvalue weighted by molar-refractivity contribution is 0.385. The molecule has 0 bridgehead atoms. The Kier molecular flexibility index (Phi) is 5.23. The molecule has 2 aromatic rings. The van der Waals surface area contributed by atoms with Crippen LogP contribution in [0.2, 0.25) is 0 Å². The number of rotatable bonds is 4. The molecule has 0 atom stereocenters. The molecule has 0 aliphatic carbocycles. The van der Waals surface area contributed by atoms with Crippen LogP contribution in [-0.4, -0.2) is 38.9 Å². The maximum absolute atomic E-state index is 12.9. The lowest BCUT2D eigenvalue weighted by atomic mass is 10.0.